The fourth-order valence-electron chi connectivity index (χ4n) is 2.71. The molecule has 0 fully saturated rings. The molecule has 0 atom stereocenters. The third-order valence-corrected chi connectivity index (χ3v) is 5.28. The van der Waals surface area contributed by atoms with Gasteiger partial charge in [0.05, 0.1) is 5.75 Å². The Morgan fingerprint density at radius 1 is 1.25 bits per heavy atom. The molecule has 0 bridgehead atoms. The summed E-state index contributed by atoms with van der Waals surface area (Å²) >= 11 is 7.52. The third kappa shape index (κ3) is 5.13. The number of benzene rings is 1. The maximum Gasteiger partial charge on any atom is 0.174 e. The molecule has 2 rings (SSSR count). The molecule has 0 aliphatic rings. The second kappa shape index (κ2) is 9.30. The van der Waals surface area contributed by atoms with Gasteiger partial charge in [-0.1, -0.05) is 23.7 Å². The highest BCUT2D eigenvalue weighted by molar-refractivity contribution is 7.99. The molecular formula is C19H24ClNO2S. The number of nitrogens with zero attached hydrogens (tertiary/aromatic N) is 1. The van der Waals surface area contributed by atoms with Crippen LogP contribution in [0.3, 0.4) is 0 Å². The predicted octanol–water partition coefficient (Wildman–Crippen LogP) is 4.91. The van der Waals surface area contributed by atoms with Crippen molar-refractivity contribution in [3.63, 3.8) is 0 Å². The van der Waals surface area contributed by atoms with Gasteiger partial charge in [0.25, 0.3) is 0 Å². The maximum atomic E-state index is 12.5. The number of thioether (sulfide) groups is 1. The molecule has 0 saturated carbocycles. The molecule has 24 heavy (non-hydrogen) atoms. The summed E-state index contributed by atoms with van der Waals surface area (Å²) in [6.45, 7) is 5.70. The molecule has 1 heterocycles. The van der Waals surface area contributed by atoms with Gasteiger partial charge in [0, 0.05) is 48.0 Å². The second-order valence-electron chi connectivity index (χ2n) is 5.83. The van der Waals surface area contributed by atoms with Gasteiger partial charge in [-0.05, 0) is 44.0 Å². The molecule has 130 valence electrons. The number of hydrogen-bond donors (Lipinski definition) is 0. The SMILES string of the molecule is COCCCn1c(C)cc(C(=O)CSCc2ccc(Cl)cc2)c1C. The van der Waals surface area contributed by atoms with E-state index in [0.717, 1.165) is 47.3 Å². The molecular weight excluding hydrogens is 342 g/mol. The highest BCUT2D eigenvalue weighted by Crippen LogP contribution is 2.20. The Hall–Kier alpha value is -1.23. The van der Waals surface area contributed by atoms with Gasteiger partial charge in [-0.3, -0.25) is 4.79 Å². The van der Waals surface area contributed by atoms with Crippen molar-refractivity contribution in [3.05, 3.63) is 57.9 Å². The van der Waals surface area contributed by atoms with Crippen LogP contribution in [0, 0.1) is 13.8 Å². The van der Waals surface area contributed by atoms with E-state index < -0.39 is 0 Å². The van der Waals surface area contributed by atoms with Crippen molar-refractivity contribution in [1.82, 2.24) is 4.57 Å². The molecule has 0 aliphatic carbocycles. The Morgan fingerprint density at radius 2 is 1.96 bits per heavy atom. The number of aryl methyl sites for hydroxylation is 1. The van der Waals surface area contributed by atoms with Gasteiger partial charge in [0.1, 0.15) is 0 Å². The van der Waals surface area contributed by atoms with Crippen LogP contribution in [0.25, 0.3) is 0 Å². The lowest BCUT2D eigenvalue weighted by atomic mass is 10.2. The molecule has 0 amide bonds. The first-order valence-electron chi connectivity index (χ1n) is 8.04. The zero-order valence-electron chi connectivity index (χ0n) is 14.5. The van der Waals surface area contributed by atoms with Crippen LogP contribution in [0.1, 0.15) is 33.7 Å². The minimum atomic E-state index is 0.194. The fraction of sp³-hybridized carbons (Fsp3) is 0.421. The van der Waals surface area contributed by atoms with Gasteiger partial charge in [0.15, 0.2) is 5.78 Å². The first-order chi connectivity index (χ1) is 11.5. The van der Waals surface area contributed by atoms with E-state index in [4.69, 9.17) is 16.3 Å². The Kier molecular flexibility index (Phi) is 7.40. The molecule has 1 aromatic carbocycles. The molecule has 0 N–H and O–H groups in total. The van der Waals surface area contributed by atoms with Gasteiger partial charge in [-0.15, -0.1) is 11.8 Å². The number of Topliss-reactive ketones (excluding diaryl/α,β-unsaturated/α-hetero) is 1. The Bertz CT molecular complexity index is 679. The fourth-order valence-corrected chi connectivity index (χ4v) is 3.71. The van der Waals surface area contributed by atoms with Gasteiger partial charge in [-0.2, -0.15) is 0 Å². The molecule has 0 spiro atoms. The van der Waals surface area contributed by atoms with Gasteiger partial charge in [-0.25, -0.2) is 0 Å². The summed E-state index contributed by atoms with van der Waals surface area (Å²) in [6.07, 6.45) is 0.950. The average molecular weight is 366 g/mol. The monoisotopic (exact) mass is 365 g/mol. The van der Waals surface area contributed by atoms with E-state index in [-0.39, 0.29) is 5.78 Å². The molecule has 0 aliphatic heterocycles. The first kappa shape index (κ1) is 19.1. The molecule has 2 aromatic rings. The average Bonchev–Trinajstić information content (AvgIpc) is 2.85. The minimum Gasteiger partial charge on any atom is -0.385 e. The molecule has 1 aromatic heterocycles. The smallest absolute Gasteiger partial charge is 0.174 e. The third-order valence-electron chi connectivity index (χ3n) is 4.02. The van der Waals surface area contributed by atoms with Crippen LogP contribution in [-0.4, -0.2) is 29.8 Å². The maximum absolute atomic E-state index is 12.5. The summed E-state index contributed by atoms with van der Waals surface area (Å²) < 4.78 is 7.31. The number of halogens is 1. The van der Waals surface area contributed by atoms with Crippen LogP contribution in [0.4, 0.5) is 0 Å². The van der Waals surface area contributed by atoms with Crippen molar-refractivity contribution in [2.45, 2.75) is 32.6 Å². The van der Waals surface area contributed by atoms with E-state index in [1.165, 1.54) is 5.56 Å². The summed E-state index contributed by atoms with van der Waals surface area (Å²) in [5.74, 6) is 1.50. The van der Waals surface area contributed by atoms with Crippen LogP contribution < -0.4 is 0 Å². The highest BCUT2D eigenvalue weighted by atomic mass is 35.5. The zero-order chi connectivity index (χ0) is 17.5. The number of aromatic nitrogens is 1. The second-order valence-corrected chi connectivity index (χ2v) is 7.25. The van der Waals surface area contributed by atoms with E-state index in [9.17, 15) is 4.79 Å². The number of rotatable bonds is 9. The van der Waals surface area contributed by atoms with E-state index in [0.29, 0.717) is 5.75 Å². The van der Waals surface area contributed by atoms with Gasteiger partial charge in [0.2, 0.25) is 0 Å². The molecule has 0 unspecified atom stereocenters. The topological polar surface area (TPSA) is 31.2 Å². The van der Waals surface area contributed by atoms with E-state index in [1.54, 1.807) is 18.9 Å². The summed E-state index contributed by atoms with van der Waals surface area (Å²) in [4.78, 5) is 12.5. The van der Waals surface area contributed by atoms with Crippen LogP contribution >= 0.6 is 23.4 Å². The number of carbonyl (C=O) groups is 1. The Morgan fingerprint density at radius 3 is 2.62 bits per heavy atom. The Balaban J connectivity index is 1.92. The quantitative estimate of drug-likeness (QED) is 0.467. The standard InChI is InChI=1S/C19H24ClNO2S/c1-14-11-18(15(2)21(14)9-4-10-23-3)19(22)13-24-12-16-5-7-17(20)8-6-16/h5-8,11H,4,9-10,12-13H2,1-3H3. The van der Waals surface area contributed by atoms with Crippen LogP contribution in [0.15, 0.2) is 30.3 Å². The molecule has 5 heteroatoms. The van der Waals surface area contributed by atoms with Crippen molar-refractivity contribution >= 4 is 29.1 Å². The van der Waals surface area contributed by atoms with Crippen molar-refractivity contribution in [2.24, 2.45) is 0 Å². The largest absolute Gasteiger partial charge is 0.385 e. The first-order valence-corrected chi connectivity index (χ1v) is 9.57. The van der Waals surface area contributed by atoms with Crippen LogP contribution in [0.2, 0.25) is 5.02 Å². The lowest BCUT2D eigenvalue weighted by Crippen LogP contribution is -2.08. The minimum absolute atomic E-state index is 0.194. The predicted molar refractivity (Wildman–Crippen MR) is 102 cm³/mol. The normalized spacial score (nSPS) is 11.0. The van der Waals surface area contributed by atoms with E-state index in [1.807, 2.05) is 37.3 Å². The van der Waals surface area contributed by atoms with Crippen molar-refractivity contribution < 1.29 is 9.53 Å². The van der Waals surface area contributed by atoms with Gasteiger partial charge >= 0.3 is 0 Å². The number of hydrogen-bond acceptors (Lipinski definition) is 3. The van der Waals surface area contributed by atoms with Crippen molar-refractivity contribution in [1.29, 1.82) is 0 Å². The van der Waals surface area contributed by atoms with Gasteiger partial charge < -0.3 is 9.30 Å². The van der Waals surface area contributed by atoms with E-state index >= 15 is 0 Å². The zero-order valence-corrected chi connectivity index (χ0v) is 16.0. The summed E-state index contributed by atoms with van der Waals surface area (Å²) in [5, 5.41) is 0.737. The van der Waals surface area contributed by atoms with Crippen LogP contribution in [0.5, 0.6) is 0 Å². The number of carbonyl (C=O) groups excluding carboxylic acids is 1. The summed E-state index contributed by atoms with van der Waals surface area (Å²) in [7, 11) is 1.71. The lowest BCUT2D eigenvalue weighted by molar-refractivity contribution is 0.102. The number of methoxy groups -OCH3 is 1. The summed E-state index contributed by atoms with van der Waals surface area (Å²) in [5.41, 5.74) is 4.21. The highest BCUT2D eigenvalue weighted by Gasteiger charge is 2.15. The van der Waals surface area contributed by atoms with E-state index in [2.05, 4.69) is 11.5 Å². The van der Waals surface area contributed by atoms with Crippen molar-refractivity contribution in [3.8, 4) is 0 Å². The number of ketones is 1. The van der Waals surface area contributed by atoms with Crippen molar-refractivity contribution in [2.75, 3.05) is 19.5 Å². The lowest BCUT2D eigenvalue weighted by Gasteiger charge is -2.09. The Labute approximate surface area is 153 Å². The molecule has 0 saturated heterocycles. The molecule has 3 nitrogen and oxygen atoms in total. The van der Waals surface area contributed by atoms with Crippen LogP contribution in [-0.2, 0) is 17.0 Å². The number of ether oxygens (including phenoxy) is 1. The summed E-state index contributed by atoms with van der Waals surface area (Å²) in [6, 6.07) is 9.77. The molecule has 0 radical (unpaired) electrons.